The fraction of sp³-hybridized carbons (Fsp3) is 0.400. The largest absolute Gasteiger partial charge is 0.439 e. The second-order valence-corrected chi connectivity index (χ2v) is 4.78. The smallest absolute Gasteiger partial charge is 0.211 e. The summed E-state index contributed by atoms with van der Waals surface area (Å²) in [6.45, 7) is 6.29. The van der Waals surface area contributed by atoms with Crippen LogP contribution in [0.25, 0.3) is 11.3 Å². The molecule has 2 atom stereocenters. The van der Waals surface area contributed by atoms with Gasteiger partial charge in [0.1, 0.15) is 0 Å². The molecular weight excluding hydrogens is 224 g/mol. The standard InChI is InChI=1S/C15H20N2O/c1-4-10(2)12-5-7-13(8-6-12)14-9-17-15(18-14)11(3)16/h5-11H,4,16H2,1-3H3. The molecule has 18 heavy (non-hydrogen) atoms. The Kier molecular flexibility index (Phi) is 3.82. The summed E-state index contributed by atoms with van der Waals surface area (Å²) in [5.41, 5.74) is 8.13. The molecule has 0 radical (unpaired) electrons. The lowest BCUT2D eigenvalue weighted by Crippen LogP contribution is -2.04. The van der Waals surface area contributed by atoms with E-state index in [0.717, 1.165) is 17.7 Å². The van der Waals surface area contributed by atoms with Gasteiger partial charge in [-0.15, -0.1) is 0 Å². The van der Waals surface area contributed by atoms with Crippen molar-refractivity contribution >= 4 is 0 Å². The van der Waals surface area contributed by atoms with Gasteiger partial charge < -0.3 is 10.2 Å². The van der Waals surface area contributed by atoms with E-state index < -0.39 is 0 Å². The van der Waals surface area contributed by atoms with Gasteiger partial charge in [0, 0.05) is 5.56 Å². The third kappa shape index (κ3) is 2.62. The van der Waals surface area contributed by atoms with E-state index in [1.807, 2.05) is 6.92 Å². The first-order valence-corrected chi connectivity index (χ1v) is 6.43. The zero-order chi connectivity index (χ0) is 13.1. The number of hydrogen-bond acceptors (Lipinski definition) is 3. The summed E-state index contributed by atoms with van der Waals surface area (Å²) in [5.74, 6) is 1.95. The summed E-state index contributed by atoms with van der Waals surface area (Å²) < 4.78 is 5.62. The van der Waals surface area contributed by atoms with E-state index in [4.69, 9.17) is 10.2 Å². The number of rotatable bonds is 4. The van der Waals surface area contributed by atoms with Crippen LogP contribution in [0, 0.1) is 0 Å². The number of aromatic nitrogens is 1. The summed E-state index contributed by atoms with van der Waals surface area (Å²) in [4.78, 5) is 4.17. The maximum atomic E-state index is 5.73. The topological polar surface area (TPSA) is 52.0 Å². The Morgan fingerprint density at radius 3 is 2.39 bits per heavy atom. The Morgan fingerprint density at radius 2 is 1.89 bits per heavy atom. The van der Waals surface area contributed by atoms with Gasteiger partial charge in [-0.05, 0) is 24.8 Å². The number of benzene rings is 1. The molecule has 2 aromatic rings. The fourth-order valence-electron chi connectivity index (χ4n) is 1.84. The third-order valence-corrected chi connectivity index (χ3v) is 3.29. The maximum absolute atomic E-state index is 5.73. The van der Waals surface area contributed by atoms with E-state index in [-0.39, 0.29) is 6.04 Å². The minimum absolute atomic E-state index is 0.168. The first-order chi connectivity index (χ1) is 8.61. The molecule has 0 aliphatic rings. The van der Waals surface area contributed by atoms with E-state index in [2.05, 4.69) is 43.1 Å². The molecule has 0 saturated carbocycles. The highest BCUT2D eigenvalue weighted by Gasteiger charge is 2.10. The quantitative estimate of drug-likeness (QED) is 0.888. The van der Waals surface area contributed by atoms with Gasteiger partial charge in [0.05, 0.1) is 12.2 Å². The van der Waals surface area contributed by atoms with E-state index in [0.29, 0.717) is 11.8 Å². The number of nitrogens with two attached hydrogens (primary N) is 1. The molecular formula is C15H20N2O. The van der Waals surface area contributed by atoms with Crippen molar-refractivity contribution in [2.24, 2.45) is 5.73 Å². The van der Waals surface area contributed by atoms with Crippen molar-refractivity contribution in [3.8, 4) is 11.3 Å². The summed E-state index contributed by atoms with van der Waals surface area (Å²) in [7, 11) is 0. The van der Waals surface area contributed by atoms with Crippen molar-refractivity contribution in [3.05, 3.63) is 41.9 Å². The molecule has 2 N–H and O–H groups in total. The first kappa shape index (κ1) is 12.8. The Hall–Kier alpha value is -1.61. The first-order valence-electron chi connectivity index (χ1n) is 6.43. The van der Waals surface area contributed by atoms with Crippen LogP contribution in [0.4, 0.5) is 0 Å². The lowest BCUT2D eigenvalue weighted by molar-refractivity contribution is 0.473. The van der Waals surface area contributed by atoms with Gasteiger partial charge in [0.15, 0.2) is 5.76 Å². The molecule has 0 amide bonds. The summed E-state index contributed by atoms with van der Waals surface area (Å²) in [6.07, 6.45) is 2.88. The summed E-state index contributed by atoms with van der Waals surface area (Å²) >= 11 is 0. The summed E-state index contributed by atoms with van der Waals surface area (Å²) in [5, 5.41) is 0. The van der Waals surface area contributed by atoms with Gasteiger partial charge in [-0.2, -0.15) is 0 Å². The zero-order valence-electron chi connectivity index (χ0n) is 11.2. The molecule has 2 rings (SSSR count). The Labute approximate surface area is 108 Å². The van der Waals surface area contributed by atoms with Gasteiger partial charge in [0.25, 0.3) is 0 Å². The minimum Gasteiger partial charge on any atom is -0.439 e. The fourth-order valence-corrected chi connectivity index (χ4v) is 1.84. The number of hydrogen-bond donors (Lipinski definition) is 1. The van der Waals surface area contributed by atoms with Crippen molar-refractivity contribution in [3.63, 3.8) is 0 Å². The maximum Gasteiger partial charge on any atom is 0.211 e. The summed E-state index contributed by atoms with van der Waals surface area (Å²) in [6, 6.07) is 8.29. The van der Waals surface area contributed by atoms with Crippen LogP contribution in [-0.2, 0) is 0 Å². The highest BCUT2D eigenvalue weighted by molar-refractivity contribution is 5.56. The molecule has 0 bridgehead atoms. The van der Waals surface area contributed by atoms with E-state index >= 15 is 0 Å². The predicted octanol–water partition coefficient (Wildman–Crippen LogP) is 3.87. The molecule has 3 heteroatoms. The Balaban J connectivity index is 2.23. The van der Waals surface area contributed by atoms with Crippen LogP contribution in [0.15, 0.2) is 34.9 Å². The molecule has 2 unspecified atom stereocenters. The van der Waals surface area contributed by atoms with Gasteiger partial charge in [-0.3, -0.25) is 0 Å². The average molecular weight is 244 g/mol. The molecule has 1 aromatic carbocycles. The second kappa shape index (κ2) is 5.36. The van der Waals surface area contributed by atoms with Crippen molar-refractivity contribution in [2.75, 3.05) is 0 Å². The van der Waals surface area contributed by atoms with Crippen molar-refractivity contribution < 1.29 is 4.42 Å². The van der Waals surface area contributed by atoms with Crippen LogP contribution >= 0.6 is 0 Å². The van der Waals surface area contributed by atoms with Gasteiger partial charge in [-0.1, -0.05) is 38.1 Å². The van der Waals surface area contributed by atoms with Crippen LogP contribution in [0.2, 0.25) is 0 Å². The molecule has 1 aromatic heterocycles. The van der Waals surface area contributed by atoms with Crippen LogP contribution in [0.1, 0.15) is 50.6 Å². The molecule has 0 fully saturated rings. The highest BCUT2D eigenvalue weighted by Crippen LogP contribution is 2.25. The molecule has 96 valence electrons. The van der Waals surface area contributed by atoms with Crippen molar-refractivity contribution in [1.29, 1.82) is 0 Å². The van der Waals surface area contributed by atoms with Crippen LogP contribution in [-0.4, -0.2) is 4.98 Å². The van der Waals surface area contributed by atoms with Gasteiger partial charge >= 0.3 is 0 Å². The lowest BCUT2D eigenvalue weighted by atomic mass is 9.97. The third-order valence-electron chi connectivity index (χ3n) is 3.29. The molecule has 0 aliphatic carbocycles. The van der Waals surface area contributed by atoms with E-state index in [9.17, 15) is 0 Å². The Bertz CT molecular complexity index is 499. The normalized spacial score (nSPS) is 14.4. The molecule has 3 nitrogen and oxygen atoms in total. The molecule has 1 heterocycles. The predicted molar refractivity (Wildman–Crippen MR) is 73.2 cm³/mol. The number of nitrogens with zero attached hydrogens (tertiary/aromatic N) is 1. The van der Waals surface area contributed by atoms with E-state index in [1.165, 1.54) is 5.56 Å². The highest BCUT2D eigenvalue weighted by atomic mass is 16.4. The van der Waals surface area contributed by atoms with Crippen LogP contribution in [0.3, 0.4) is 0 Å². The monoisotopic (exact) mass is 244 g/mol. The van der Waals surface area contributed by atoms with Gasteiger partial charge in [0.2, 0.25) is 5.89 Å². The SMILES string of the molecule is CCC(C)c1ccc(-c2cnc(C(C)N)o2)cc1. The molecule has 0 saturated heterocycles. The average Bonchev–Trinajstić information content (AvgIpc) is 2.88. The van der Waals surface area contributed by atoms with Crippen LogP contribution < -0.4 is 5.73 Å². The van der Waals surface area contributed by atoms with Crippen LogP contribution in [0.5, 0.6) is 0 Å². The Morgan fingerprint density at radius 1 is 1.22 bits per heavy atom. The van der Waals surface area contributed by atoms with Gasteiger partial charge in [-0.25, -0.2) is 4.98 Å². The number of oxazole rings is 1. The van der Waals surface area contributed by atoms with E-state index in [1.54, 1.807) is 6.20 Å². The second-order valence-electron chi connectivity index (χ2n) is 4.78. The zero-order valence-corrected chi connectivity index (χ0v) is 11.2. The molecule has 0 aliphatic heterocycles. The minimum atomic E-state index is -0.168. The van der Waals surface area contributed by atoms with Crippen molar-refractivity contribution in [1.82, 2.24) is 4.98 Å². The molecule has 0 spiro atoms. The lowest BCUT2D eigenvalue weighted by Gasteiger charge is -2.08. The van der Waals surface area contributed by atoms with Crippen molar-refractivity contribution in [2.45, 2.75) is 39.2 Å².